The van der Waals surface area contributed by atoms with Crippen molar-refractivity contribution in [2.75, 3.05) is 32.7 Å². The molecule has 1 saturated heterocycles. The van der Waals surface area contributed by atoms with Gasteiger partial charge in [0.05, 0.1) is 44.4 Å². The first-order chi connectivity index (χ1) is 10.6. The fourth-order valence-electron chi connectivity index (χ4n) is 2.86. The lowest BCUT2D eigenvalue weighted by molar-refractivity contribution is -0.902. The van der Waals surface area contributed by atoms with Crippen molar-refractivity contribution in [3.05, 3.63) is 27.6 Å². The van der Waals surface area contributed by atoms with Crippen molar-refractivity contribution in [2.24, 2.45) is 0 Å². The molecule has 0 bridgehead atoms. The zero-order chi connectivity index (χ0) is 15.7. The van der Waals surface area contributed by atoms with E-state index in [1.807, 2.05) is 17.9 Å². The van der Waals surface area contributed by atoms with Gasteiger partial charge in [-0.15, -0.1) is 11.3 Å². The van der Waals surface area contributed by atoms with Crippen LogP contribution in [0.25, 0.3) is 10.2 Å². The minimum atomic E-state index is -0.125. The first kappa shape index (κ1) is 15.2. The number of hydrogen-bond donors (Lipinski definition) is 1. The molecule has 0 atom stereocenters. The summed E-state index contributed by atoms with van der Waals surface area (Å²) in [4.78, 5) is 34.3. The largest absolute Gasteiger partial charge is 0.332 e. The highest BCUT2D eigenvalue weighted by molar-refractivity contribution is 7.18. The molecule has 0 saturated carbocycles. The van der Waals surface area contributed by atoms with Gasteiger partial charge in [-0.2, -0.15) is 0 Å². The van der Waals surface area contributed by atoms with Gasteiger partial charge < -0.3 is 9.80 Å². The van der Waals surface area contributed by atoms with Crippen LogP contribution in [0, 0.1) is 6.92 Å². The summed E-state index contributed by atoms with van der Waals surface area (Å²) >= 11 is 1.50. The number of aromatic nitrogens is 2. The van der Waals surface area contributed by atoms with Crippen LogP contribution in [-0.4, -0.2) is 53.1 Å². The lowest BCUT2D eigenvalue weighted by Gasteiger charge is -2.31. The Labute approximate surface area is 133 Å². The molecular weight excluding hydrogens is 300 g/mol. The molecule has 3 rings (SSSR count). The molecule has 7 heteroatoms. The number of rotatable bonds is 3. The summed E-state index contributed by atoms with van der Waals surface area (Å²) in [6, 6.07) is 1.85. The van der Waals surface area contributed by atoms with Crippen molar-refractivity contribution in [1.29, 1.82) is 0 Å². The molecule has 1 N–H and O–H groups in total. The summed E-state index contributed by atoms with van der Waals surface area (Å²) in [5.41, 5.74) is -0.125. The second kappa shape index (κ2) is 6.18. The van der Waals surface area contributed by atoms with Crippen molar-refractivity contribution in [3.63, 3.8) is 0 Å². The summed E-state index contributed by atoms with van der Waals surface area (Å²) in [7, 11) is 0. The number of hydrogen-bond acceptors (Lipinski definition) is 4. The highest BCUT2D eigenvalue weighted by atomic mass is 32.1. The number of piperazine rings is 1. The molecule has 0 spiro atoms. The monoisotopic (exact) mass is 321 g/mol. The molecule has 6 nitrogen and oxygen atoms in total. The maximum atomic E-state index is 12.4. The van der Waals surface area contributed by atoms with Crippen LogP contribution < -0.4 is 10.5 Å². The SMILES string of the molecule is CC[NH+]1CCN(C(=O)Cn2cnc3sc(C)cc3c2=O)CC1. The third-order valence-electron chi connectivity index (χ3n) is 4.27. The number of fused-ring (bicyclic) bond motifs is 1. The zero-order valence-corrected chi connectivity index (χ0v) is 13.8. The van der Waals surface area contributed by atoms with E-state index in [0.717, 1.165) is 42.4 Å². The van der Waals surface area contributed by atoms with Gasteiger partial charge in [-0.3, -0.25) is 14.2 Å². The third-order valence-corrected chi connectivity index (χ3v) is 5.23. The smallest absolute Gasteiger partial charge is 0.262 e. The van der Waals surface area contributed by atoms with Gasteiger partial charge in [0, 0.05) is 4.88 Å². The summed E-state index contributed by atoms with van der Waals surface area (Å²) < 4.78 is 1.43. The van der Waals surface area contributed by atoms with Crippen LogP contribution in [0.2, 0.25) is 0 Å². The molecule has 0 aliphatic carbocycles. The third kappa shape index (κ3) is 2.91. The van der Waals surface area contributed by atoms with Crippen molar-refractivity contribution in [2.45, 2.75) is 20.4 Å². The normalized spacial score (nSPS) is 16.4. The van der Waals surface area contributed by atoms with Crippen LogP contribution in [-0.2, 0) is 11.3 Å². The number of nitrogens with zero attached hydrogens (tertiary/aromatic N) is 3. The minimum Gasteiger partial charge on any atom is -0.332 e. The number of amides is 1. The van der Waals surface area contributed by atoms with Crippen molar-refractivity contribution in [3.8, 4) is 0 Å². The van der Waals surface area contributed by atoms with E-state index < -0.39 is 0 Å². The maximum absolute atomic E-state index is 12.4. The Bertz CT molecular complexity index is 744. The Balaban J connectivity index is 1.74. The molecule has 2 aromatic rings. The van der Waals surface area contributed by atoms with E-state index in [1.165, 1.54) is 27.1 Å². The highest BCUT2D eigenvalue weighted by Crippen LogP contribution is 2.19. The van der Waals surface area contributed by atoms with E-state index in [4.69, 9.17) is 0 Å². The molecule has 0 unspecified atom stereocenters. The van der Waals surface area contributed by atoms with Crippen LogP contribution in [0.1, 0.15) is 11.8 Å². The van der Waals surface area contributed by atoms with Gasteiger partial charge in [0.1, 0.15) is 11.4 Å². The van der Waals surface area contributed by atoms with Crippen molar-refractivity contribution in [1.82, 2.24) is 14.5 Å². The molecule has 2 aromatic heterocycles. The highest BCUT2D eigenvalue weighted by Gasteiger charge is 2.23. The summed E-state index contributed by atoms with van der Waals surface area (Å²) in [5, 5.41) is 0.609. The predicted molar refractivity (Wildman–Crippen MR) is 86.4 cm³/mol. The Hall–Kier alpha value is -1.73. The standard InChI is InChI=1S/C15H20N4O2S/c1-3-17-4-6-18(7-5-17)13(20)9-19-10-16-14-12(15(19)21)8-11(2)22-14/h8,10H,3-7,9H2,1-2H3/p+1. The van der Waals surface area contributed by atoms with E-state index in [9.17, 15) is 9.59 Å². The molecule has 1 aliphatic heterocycles. The fraction of sp³-hybridized carbons (Fsp3) is 0.533. The van der Waals surface area contributed by atoms with Gasteiger partial charge in [0.15, 0.2) is 0 Å². The molecule has 1 amide bonds. The quantitative estimate of drug-likeness (QED) is 0.830. The van der Waals surface area contributed by atoms with E-state index in [-0.39, 0.29) is 18.0 Å². The first-order valence-electron chi connectivity index (χ1n) is 7.65. The van der Waals surface area contributed by atoms with Crippen LogP contribution in [0.15, 0.2) is 17.2 Å². The van der Waals surface area contributed by atoms with Gasteiger partial charge in [0.25, 0.3) is 5.56 Å². The first-order valence-corrected chi connectivity index (χ1v) is 8.47. The number of quaternary nitrogens is 1. The summed E-state index contributed by atoms with van der Waals surface area (Å²) in [5.74, 6) is 0.00496. The van der Waals surface area contributed by atoms with Crippen molar-refractivity contribution >= 4 is 27.5 Å². The molecule has 22 heavy (non-hydrogen) atoms. The molecule has 1 fully saturated rings. The van der Waals surface area contributed by atoms with E-state index >= 15 is 0 Å². The lowest BCUT2D eigenvalue weighted by atomic mass is 10.3. The van der Waals surface area contributed by atoms with Crippen LogP contribution in [0.4, 0.5) is 0 Å². The predicted octanol–water partition coefficient (Wildman–Crippen LogP) is -0.487. The number of likely N-dealkylation sites (N-methyl/N-ethyl adjacent to an activating group) is 1. The molecule has 0 aromatic carbocycles. The van der Waals surface area contributed by atoms with Crippen LogP contribution in [0.3, 0.4) is 0 Å². The van der Waals surface area contributed by atoms with Crippen LogP contribution >= 0.6 is 11.3 Å². The lowest BCUT2D eigenvalue weighted by Crippen LogP contribution is -3.14. The topological polar surface area (TPSA) is 59.6 Å². The number of nitrogens with one attached hydrogen (secondary N) is 1. The van der Waals surface area contributed by atoms with Gasteiger partial charge in [-0.25, -0.2) is 4.98 Å². The van der Waals surface area contributed by atoms with Gasteiger partial charge in [-0.1, -0.05) is 0 Å². The van der Waals surface area contributed by atoms with Gasteiger partial charge in [-0.05, 0) is 19.9 Å². The van der Waals surface area contributed by atoms with Gasteiger partial charge >= 0.3 is 0 Å². The molecule has 118 valence electrons. The Morgan fingerprint density at radius 2 is 2.14 bits per heavy atom. The molecular formula is C15H21N4O2S+. The van der Waals surface area contributed by atoms with E-state index in [2.05, 4.69) is 11.9 Å². The second-order valence-electron chi connectivity index (χ2n) is 5.74. The van der Waals surface area contributed by atoms with Crippen molar-refractivity contribution < 1.29 is 9.69 Å². The van der Waals surface area contributed by atoms with Crippen LogP contribution in [0.5, 0.6) is 0 Å². The molecule has 1 aliphatic rings. The average molecular weight is 321 g/mol. The number of carbonyl (C=O) groups excluding carboxylic acids is 1. The summed E-state index contributed by atoms with van der Waals surface area (Å²) in [6.45, 7) is 8.80. The van der Waals surface area contributed by atoms with E-state index in [1.54, 1.807) is 0 Å². The molecule has 0 radical (unpaired) electrons. The maximum Gasteiger partial charge on any atom is 0.262 e. The van der Waals surface area contributed by atoms with Gasteiger partial charge in [0.2, 0.25) is 5.91 Å². The molecule has 3 heterocycles. The Morgan fingerprint density at radius 1 is 1.41 bits per heavy atom. The second-order valence-corrected chi connectivity index (χ2v) is 6.97. The zero-order valence-electron chi connectivity index (χ0n) is 13.0. The number of carbonyl (C=O) groups is 1. The minimum absolute atomic E-state index is 0.00496. The Kier molecular flexibility index (Phi) is 4.26. The fourth-order valence-corrected chi connectivity index (χ4v) is 3.70. The number of thiophene rings is 1. The Morgan fingerprint density at radius 3 is 2.82 bits per heavy atom. The summed E-state index contributed by atoms with van der Waals surface area (Å²) in [6.07, 6.45) is 1.49. The number of aryl methyl sites for hydroxylation is 1. The van der Waals surface area contributed by atoms with E-state index in [0.29, 0.717) is 5.39 Å². The average Bonchev–Trinajstić information content (AvgIpc) is 2.91.